The normalized spacial score (nSPS) is 11.7. The van der Waals surface area contributed by atoms with E-state index in [9.17, 15) is 14.4 Å². The molecule has 3 N–H and O–H groups in total. The van der Waals surface area contributed by atoms with Gasteiger partial charge in [0, 0.05) is 12.6 Å². The molecule has 108 valence electrons. The van der Waals surface area contributed by atoms with Crippen molar-refractivity contribution < 1.29 is 24.6 Å². The van der Waals surface area contributed by atoms with Crippen molar-refractivity contribution in [3.63, 3.8) is 0 Å². The quantitative estimate of drug-likeness (QED) is 0.641. The second kappa shape index (κ2) is 7.59. The van der Waals surface area contributed by atoms with E-state index >= 15 is 0 Å². The molecule has 0 saturated heterocycles. The lowest BCUT2D eigenvalue weighted by Crippen LogP contribution is -2.41. The highest BCUT2D eigenvalue weighted by atomic mass is 79.9. The fourth-order valence-electron chi connectivity index (χ4n) is 1.51. The number of nitrogens with one attached hydrogen (secondary N) is 1. The van der Waals surface area contributed by atoms with Crippen molar-refractivity contribution in [1.29, 1.82) is 0 Å². The SMILES string of the molecule is O=C(O)CCC[C@@H](NC(=O)c1cccnc1Br)C(=O)O. The molecule has 8 heteroatoms. The maximum absolute atomic E-state index is 11.9. The number of aromatic nitrogens is 1. The minimum atomic E-state index is -1.20. The molecule has 0 aliphatic carbocycles. The largest absolute Gasteiger partial charge is 0.481 e. The molecule has 0 bridgehead atoms. The number of carbonyl (C=O) groups excluding carboxylic acids is 1. The molecule has 0 fully saturated rings. The van der Waals surface area contributed by atoms with Crippen molar-refractivity contribution in [1.82, 2.24) is 10.3 Å². The molecule has 1 amide bonds. The number of hydrogen-bond donors (Lipinski definition) is 3. The van der Waals surface area contributed by atoms with Crippen LogP contribution in [0.3, 0.4) is 0 Å². The first-order chi connectivity index (χ1) is 9.41. The molecule has 1 aromatic rings. The highest BCUT2D eigenvalue weighted by Gasteiger charge is 2.21. The second-order valence-corrected chi connectivity index (χ2v) is 4.74. The van der Waals surface area contributed by atoms with Gasteiger partial charge in [-0.15, -0.1) is 0 Å². The lowest BCUT2D eigenvalue weighted by atomic mass is 10.1. The number of pyridine rings is 1. The van der Waals surface area contributed by atoms with Gasteiger partial charge in [0.05, 0.1) is 5.56 Å². The zero-order chi connectivity index (χ0) is 15.1. The van der Waals surface area contributed by atoms with Crippen LogP contribution in [0.25, 0.3) is 0 Å². The number of nitrogens with zero attached hydrogens (tertiary/aromatic N) is 1. The van der Waals surface area contributed by atoms with Gasteiger partial charge < -0.3 is 15.5 Å². The number of aliphatic carboxylic acids is 2. The van der Waals surface area contributed by atoms with E-state index < -0.39 is 23.9 Å². The Morgan fingerprint density at radius 2 is 2.05 bits per heavy atom. The summed E-state index contributed by atoms with van der Waals surface area (Å²) in [7, 11) is 0. The van der Waals surface area contributed by atoms with Gasteiger partial charge in [0.15, 0.2) is 0 Å². The molecular weight excluding hydrogens is 332 g/mol. The Balaban J connectivity index is 2.66. The predicted octanol–water partition coefficient (Wildman–Crippen LogP) is 1.28. The number of carboxylic acids is 2. The van der Waals surface area contributed by atoms with Crippen LogP contribution in [0.1, 0.15) is 29.6 Å². The number of carboxylic acid groups (broad SMARTS) is 2. The summed E-state index contributed by atoms with van der Waals surface area (Å²) < 4.78 is 0.312. The summed E-state index contributed by atoms with van der Waals surface area (Å²) in [6, 6.07) is 1.93. The molecular formula is C12H13BrN2O5. The second-order valence-electron chi connectivity index (χ2n) is 3.99. The standard InChI is InChI=1S/C12H13BrN2O5/c13-10-7(3-2-6-14-10)11(18)15-8(12(19)20)4-1-5-9(16)17/h2-3,6,8H,1,4-5H2,(H,15,18)(H,16,17)(H,19,20)/t8-/m1/s1. The molecule has 7 nitrogen and oxygen atoms in total. The summed E-state index contributed by atoms with van der Waals surface area (Å²) in [5.41, 5.74) is 0.219. The maximum Gasteiger partial charge on any atom is 0.326 e. The van der Waals surface area contributed by atoms with Crippen LogP contribution in [0.15, 0.2) is 22.9 Å². The molecule has 0 radical (unpaired) electrons. The Bertz CT molecular complexity index is 520. The summed E-state index contributed by atoms with van der Waals surface area (Å²) in [5.74, 6) is -2.79. The zero-order valence-corrected chi connectivity index (χ0v) is 12.0. The van der Waals surface area contributed by atoms with Crippen LogP contribution in [-0.4, -0.2) is 39.1 Å². The first kappa shape index (κ1) is 16.1. The third-order valence-electron chi connectivity index (χ3n) is 2.49. The van der Waals surface area contributed by atoms with E-state index in [-0.39, 0.29) is 24.8 Å². The average molecular weight is 345 g/mol. The average Bonchev–Trinajstić information content (AvgIpc) is 2.37. The predicted molar refractivity (Wildman–Crippen MR) is 72.3 cm³/mol. The van der Waals surface area contributed by atoms with Crippen molar-refractivity contribution in [2.75, 3.05) is 0 Å². The van der Waals surface area contributed by atoms with E-state index in [0.717, 1.165) is 0 Å². The van der Waals surface area contributed by atoms with Crippen molar-refractivity contribution in [3.05, 3.63) is 28.5 Å². The van der Waals surface area contributed by atoms with Crippen molar-refractivity contribution in [2.45, 2.75) is 25.3 Å². The maximum atomic E-state index is 11.9. The lowest BCUT2D eigenvalue weighted by molar-refractivity contribution is -0.140. The van der Waals surface area contributed by atoms with E-state index in [0.29, 0.717) is 4.60 Å². The molecule has 1 heterocycles. The molecule has 0 aliphatic rings. The molecule has 0 spiro atoms. The monoisotopic (exact) mass is 344 g/mol. The van der Waals surface area contributed by atoms with Gasteiger partial charge in [-0.05, 0) is 40.9 Å². The minimum absolute atomic E-state index is 0.0469. The minimum Gasteiger partial charge on any atom is -0.481 e. The van der Waals surface area contributed by atoms with Crippen LogP contribution in [0.5, 0.6) is 0 Å². The lowest BCUT2D eigenvalue weighted by Gasteiger charge is -2.14. The van der Waals surface area contributed by atoms with Gasteiger partial charge >= 0.3 is 11.9 Å². The van der Waals surface area contributed by atoms with Gasteiger partial charge in [0.2, 0.25) is 0 Å². The topological polar surface area (TPSA) is 117 Å². The summed E-state index contributed by atoms with van der Waals surface area (Å²) in [6.07, 6.45) is 1.56. The zero-order valence-electron chi connectivity index (χ0n) is 10.4. The molecule has 0 aromatic carbocycles. The fraction of sp³-hybridized carbons (Fsp3) is 0.333. The summed E-state index contributed by atoms with van der Waals surface area (Å²) in [4.78, 5) is 37.2. The van der Waals surface area contributed by atoms with Gasteiger partial charge in [-0.3, -0.25) is 9.59 Å². The number of hydrogen-bond acceptors (Lipinski definition) is 4. The Morgan fingerprint density at radius 1 is 1.35 bits per heavy atom. The molecule has 1 rings (SSSR count). The van der Waals surface area contributed by atoms with Gasteiger partial charge in [-0.1, -0.05) is 0 Å². The summed E-state index contributed by atoms with van der Waals surface area (Å²) in [5, 5.41) is 19.9. The highest BCUT2D eigenvalue weighted by molar-refractivity contribution is 9.10. The van der Waals surface area contributed by atoms with Gasteiger partial charge in [0.25, 0.3) is 5.91 Å². The van der Waals surface area contributed by atoms with Crippen LogP contribution < -0.4 is 5.32 Å². The Kier molecular flexibility index (Phi) is 6.10. The third kappa shape index (κ3) is 4.96. The van der Waals surface area contributed by atoms with Crippen LogP contribution in [0.2, 0.25) is 0 Å². The van der Waals surface area contributed by atoms with Crippen LogP contribution in [0.4, 0.5) is 0 Å². The van der Waals surface area contributed by atoms with E-state index in [1.807, 2.05) is 0 Å². The molecule has 0 saturated carbocycles. The molecule has 1 atom stereocenters. The van der Waals surface area contributed by atoms with Crippen molar-refractivity contribution in [3.8, 4) is 0 Å². The number of rotatable bonds is 7. The number of carbonyl (C=O) groups is 3. The third-order valence-corrected chi connectivity index (χ3v) is 3.12. The molecule has 0 aliphatic heterocycles. The van der Waals surface area contributed by atoms with Crippen LogP contribution in [-0.2, 0) is 9.59 Å². The summed E-state index contributed by atoms with van der Waals surface area (Å²) >= 11 is 3.10. The van der Waals surface area contributed by atoms with E-state index in [1.165, 1.54) is 12.3 Å². The Labute approximate surface area is 123 Å². The Morgan fingerprint density at radius 3 is 2.60 bits per heavy atom. The first-order valence-corrected chi connectivity index (χ1v) is 6.57. The fourth-order valence-corrected chi connectivity index (χ4v) is 1.94. The van der Waals surface area contributed by atoms with Crippen molar-refractivity contribution in [2.24, 2.45) is 0 Å². The van der Waals surface area contributed by atoms with Crippen LogP contribution >= 0.6 is 15.9 Å². The Hall–Kier alpha value is -1.96. The first-order valence-electron chi connectivity index (χ1n) is 5.77. The summed E-state index contributed by atoms with van der Waals surface area (Å²) in [6.45, 7) is 0. The molecule has 0 unspecified atom stereocenters. The highest BCUT2D eigenvalue weighted by Crippen LogP contribution is 2.13. The van der Waals surface area contributed by atoms with Gasteiger partial charge in [0.1, 0.15) is 10.6 Å². The van der Waals surface area contributed by atoms with E-state index in [2.05, 4.69) is 26.2 Å². The van der Waals surface area contributed by atoms with Gasteiger partial charge in [-0.25, -0.2) is 9.78 Å². The molecule has 1 aromatic heterocycles. The van der Waals surface area contributed by atoms with Crippen molar-refractivity contribution >= 4 is 33.8 Å². The van der Waals surface area contributed by atoms with Gasteiger partial charge in [-0.2, -0.15) is 0 Å². The van der Waals surface area contributed by atoms with Crippen LogP contribution in [0, 0.1) is 0 Å². The number of halogens is 1. The number of amides is 1. The van der Waals surface area contributed by atoms with E-state index in [1.54, 1.807) is 6.07 Å². The smallest absolute Gasteiger partial charge is 0.326 e. The van der Waals surface area contributed by atoms with E-state index in [4.69, 9.17) is 10.2 Å². The molecule has 20 heavy (non-hydrogen) atoms.